The lowest BCUT2D eigenvalue weighted by molar-refractivity contribution is -0.194. The lowest BCUT2D eigenvalue weighted by atomic mass is 9.81. The van der Waals surface area contributed by atoms with Gasteiger partial charge in [-0.2, -0.15) is 5.06 Å². The summed E-state index contributed by atoms with van der Waals surface area (Å²) in [6, 6.07) is 4.54. The molecule has 0 saturated carbocycles. The van der Waals surface area contributed by atoms with Crippen molar-refractivity contribution in [2.24, 2.45) is 11.3 Å². The standard InChI is InChI=1S/C31H53N3O3.C5H12.C3H8.C3H6/c1-11-21(4)24-15-28-22(14-25(24)30(7,8)32-10)12-13-27(37-28)26(35)19-33-18-23-17-29(5,6)34(36)31(23,9)16-20(2)3;1-5(2,3)4;2*1-3-2/h14-15,17,20-21,26-27,32-33,35-36H,11-13,16,18-19H2,1-10H3;1-4H3;3H2,1-2H3;3H,1H2,2H3. The van der Waals surface area contributed by atoms with Crippen molar-refractivity contribution in [1.29, 1.82) is 0 Å². The van der Waals surface area contributed by atoms with Crippen LogP contribution < -0.4 is 15.4 Å². The molecule has 0 fully saturated rings. The van der Waals surface area contributed by atoms with Crippen LogP contribution in [0.3, 0.4) is 0 Å². The van der Waals surface area contributed by atoms with Crippen molar-refractivity contribution in [2.45, 2.75) is 178 Å². The van der Waals surface area contributed by atoms with Gasteiger partial charge in [0.25, 0.3) is 0 Å². The number of hydrogen-bond acceptors (Lipinski definition) is 6. The third-order valence-corrected chi connectivity index (χ3v) is 8.79. The van der Waals surface area contributed by atoms with E-state index in [0.29, 0.717) is 30.3 Å². The number of hydrogen-bond donors (Lipinski definition) is 4. The van der Waals surface area contributed by atoms with Crippen LogP contribution in [0.15, 0.2) is 36.4 Å². The van der Waals surface area contributed by atoms with Gasteiger partial charge >= 0.3 is 0 Å². The van der Waals surface area contributed by atoms with Crippen LogP contribution in [0, 0.1) is 11.3 Å². The average molecular weight is 674 g/mol. The first-order valence-electron chi connectivity index (χ1n) is 18.7. The molecule has 6 heteroatoms. The van der Waals surface area contributed by atoms with E-state index < -0.39 is 17.2 Å². The number of benzene rings is 1. The normalized spacial score (nSPS) is 21.6. The van der Waals surface area contributed by atoms with E-state index in [1.807, 2.05) is 27.8 Å². The monoisotopic (exact) mass is 674 g/mol. The summed E-state index contributed by atoms with van der Waals surface area (Å²) in [6.45, 7) is 38.9. The van der Waals surface area contributed by atoms with Crippen molar-refractivity contribution in [1.82, 2.24) is 15.7 Å². The second-order valence-corrected chi connectivity index (χ2v) is 17.2. The Bertz CT molecular complexity index is 1110. The first kappa shape index (κ1) is 46.3. The summed E-state index contributed by atoms with van der Waals surface area (Å²) in [5, 5.41) is 30.5. The zero-order chi connectivity index (χ0) is 37.7. The largest absolute Gasteiger partial charge is 0.487 e. The number of allylic oxidation sites excluding steroid dienone is 1. The Morgan fingerprint density at radius 3 is 2.04 bits per heavy atom. The number of aliphatic hydroxyl groups excluding tert-OH is 1. The third kappa shape index (κ3) is 14.3. The fraction of sp³-hybridized carbons (Fsp3) is 0.762. The van der Waals surface area contributed by atoms with Gasteiger partial charge in [-0.3, -0.25) is 0 Å². The minimum Gasteiger partial charge on any atom is -0.487 e. The maximum absolute atomic E-state index is 11.1. The van der Waals surface area contributed by atoms with Gasteiger partial charge in [-0.25, -0.2) is 0 Å². The van der Waals surface area contributed by atoms with Crippen LogP contribution in [0.2, 0.25) is 0 Å². The topological polar surface area (TPSA) is 77.0 Å². The maximum Gasteiger partial charge on any atom is 0.126 e. The van der Waals surface area contributed by atoms with Crippen LogP contribution in [0.5, 0.6) is 5.75 Å². The highest BCUT2D eigenvalue weighted by molar-refractivity contribution is 5.48. The van der Waals surface area contributed by atoms with E-state index in [-0.39, 0.29) is 11.6 Å². The molecule has 0 amide bonds. The molecule has 0 aliphatic carbocycles. The zero-order valence-corrected chi connectivity index (χ0v) is 34.5. The van der Waals surface area contributed by atoms with Gasteiger partial charge in [0.2, 0.25) is 0 Å². The van der Waals surface area contributed by atoms with Gasteiger partial charge in [-0.1, -0.05) is 87.8 Å². The van der Waals surface area contributed by atoms with E-state index in [4.69, 9.17) is 4.74 Å². The number of ether oxygens (including phenoxy) is 1. The fourth-order valence-corrected chi connectivity index (χ4v) is 6.19. The van der Waals surface area contributed by atoms with Gasteiger partial charge in [-0.05, 0) is 126 Å². The number of fused-ring (bicyclic) bond motifs is 1. The highest BCUT2D eigenvalue weighted by atomic mass is 16.5. The van der Waals surface area contributed by atoms with Crippen molar-refractivity contribution in [2.75, 3.05) is 20.1 Å². The molecule has 280 valence electrons. The number of aryl methyl sites for hydroxylation is 1. The van der Waals surface area contributed by atoms with Crippen LogP contribution in [0.1, 0.15) is 159 Å². The van der Waals surface area contributed by atoms with E-state index in [2.05, 4.69) is 125 Å². The molecule has 1 aromatic carbocycles. The molecular formula is C42H79N3O3. The molecule has 1 aromatic rings. The molecule has 0 bridgehead atoms. The molecule has 0 aromatic heterocycles. The average Bonchev–Trinajstić information content (AvgIpc) is 3.14. The number of rotatable bonds is 11. The van der Waals surface area contributed by atoms with Crippen molar-refractivity contribution < 1.29 is 15.1 Å². The van der Waals surface area contributed by atoms with E-state index in [1.165, 1.54) is 33.7 Å². The lowest BCUT2D eigenvalue weighted by Gasteiger charge is -2.40. The second-order valence-electron chi connectivity index (χ2n) is 17.2. The number of aliphatic hydroxyl groups is 1. The molecular weight excluding hydrogens is 594 g/mol. The van der Waals surface area contributed by atoms with Crippen molar-refractivity contribution >= 4 is 0 Å². The first-order valence-corrected chi connectivity index (χ1v) is 18.7. The smallest absolute Gasteiger partial charge is 0.126 e. The summed E-state index contributed by atoms with van der Waals surface area (Å²) >= 11 is 0. The lowest BCUT2D eigenvalue weighted by Crippen LogP contribution is -2.51. The van der Waals surface area contributed by atoms with Crippen LogP contribution in [0.25, 0.3) is 0 Å². The zero-order valence-electron chi connectivity index (χ0n) is 34.5. The summed E-state index contributed by atoms with van der Waals surface area (Å²) in [5.41, 5.74) is 4.61. The van der Waals surface area contributed by atoms with E-state index in [9.17, 15) is 10.3 Å². The summed E-state index contributed by atoms with van der Waals surface area (Å²) in [4.78, 5) is 0. The van der Waals surface area contributed by atoms with Gasteiger partial charge in [0.1, 0.15) is 18.0 Å². The Morgan fingerprint density at radius 2 is 1.58 bits per heavy atom. The Labute approximate surface area is 298 Å². The van der Waals surface area contributed by atoms with Gasteiger partial charge < -0.3 is 25.7 Å². The molecule has 4 atom stereocenters. The fourth-order valence-electron chi connectivity index (χ4n) is 6.19. The van der Waals surface area contributed by atoms with Gasteiger partial charge in [0.05, 0.1) is 11.1 Å². The Hall–Kier alpha value is -1.70. The molecule has 0 radical (unpaired) electrons. The summed E-state index contributed by atoms with van der Waals surface area (Å²) in [5.74, 6) is 1.80. The van der Waals surface area contributed by atoms with E-state index in [0.717, 1.165) is 31.4 Å². The molecule has 2 aliphatic rings. The van der Waals surface area contributed by atoms with Crippen molar-refractivity contribution in [3.05, 3.63) is 53.1 Å². The summed E-state index contributed by atoms with van der Waals surface area (Å²) < 4.78 is 6.42. The van der Waals surface area contributed by atoms with Crippen LogP contribution in [-0.4, -0.2) is 58.8 Å². The molecule has 3 rings (SSSR count). The Balaban J connectivity index is 0.00000175. The number of nitrogens with zero attached hydrogens (tertiary/aromatic N) is 1. The Kier molecular flexibility index (Phi) is 19.5. The molecule has 4 N–H and O–H groups in total. The SMILES string of the molecule is C=CC.CC(C)(C)C.CCC.CCC(C)c1cc2c(cc1C(C)(C)NC)CCC(C(O)CNCC1=CC(C)(C)N(O)C1(C)CC(C)C)O2. The van der Waals surface area contributed by atoms with Crippen LogP contribution >= 0.6 is 0 Å². The van der Waals surface area contributed by atoms with Crippen molar-refractivity contribution in [3.8, 4) is 5.75 Å². The summed E-state index contributed by atoms with van der Waals surface area (Å²) in [6.07, 6.45) is 7.96. The molecule has 48 heavy (non-hydrogen) atoms. The van der Waals surface area contributed by atoms with Gasteiger partial charge in [0.15, 0.2) is 0 Å². The Morgan fingerprint density at radius 1 is 1.06 bits per heavy atom. The predicted octanol–water partition coefficient (Wildman–Crippen LogP) is 10.2. The maximum atomic E-state index is 11.1. The first-order chi connectivity index (χ1) is 22.0. The minimum absolute atomic E-state index is 0.119. The molecule has 6 nitrogen and oxygen atoms in total. The van der Waals surface area contributed by atoms with Crippen LogP contribution in [0.4, 0.5) is 0 Å². The third-order valence-electron chi connectivity index (χ3n) is 8.79. The number of nitrogens with one attached hydrogen (secondary N) is 2. The van der Waals surface area contributed by atoms with E-state index >= 15 is 0 Å². The molecule has 0 spiro atoms. The highest BCUT2D eigenvalue weighted by Gasteiger charge is 2.48. The molecule has 2 heterocycles. The molecule has 2 aliphatic heterocycles. The second kappa shape index (κ2) is 20.2. The van der Waals surface area contributed by atoms with Gasteiger partial charge in [-0.15, -0.1) is 6.58 Å². The van der Waals surface area contributed by atoms with Crippen molar-refractivity contribution in [3.63, 3.8) is 0 Å². The molecule has 4 unspecified atom stereocenters. The molecule has 0 saturated heterocycles. The predicted molar refractivity (Wildman–Crippen MR) is 209 cm³/mol. The number of hydroxylamine groups is 2. The summed E-state index contributed by atoms with van der Waals surface area (Å²) in [7, 11) is 2.02. The van der Waals surface area contributed by atoms with Crippen LogP contribution in [-0.2, 0) is 12.0 Å². The quantitative estimate of drug-likeness (QED) is 0.175. The minimum atomic E-state index is -0.606. The highest BCUT2D eigenvalue weighted by Crippen LogP contribution is 2.42. The van der Waals surface area contributed by atoms with Gasteiger partial charge in [0, 0.05) is 18.6 Å². The van der Waals surface area contributed by atoms with E-state index in [1.54, 1.807) is 6.08 Å².